The van der Waals surface area contributed by atoms with Gasteiger partial charge in [-0.1, -0.05) is 6.07 Å². The van der Waals surface area contributed by atoms with E-state index in [-0.39, 0.29) is 24.2 Å². The third kappa shape index (κ3) is 4.13. The van der Waals surface area contributed by atoms with Gasteiger partial charge >= 0.3 is 0 Å². The lowest BCUT2D eigenvalue weighted by molar-refractivity contribution is -0.120. The predicted molar refractivity (Wildman–Crippen MR) is 102 cm³/mol. The normalized spacial score (nSPS) is 15.5. The molecule has 0 saturated carbocycles. The van der Waals surface area contributed by atoms with Crippen LogP contribution in [0.25, 0.3) is 11.3 Å². The molecule has 0 fully saturated rings. The van der Waals surface area contributed by atoms with Crippen molar-refractivity contribution in [2.75, 3.05) is 24.6 Å². The number of nitrogens with two attached hydrogens (primary N) is 1. The van der Waals surface area contributed by atoms with E-state index in [1.807, 2.05) is 32.0 Å². The van der Waals surface area contributed by atoms with Crippen LogP contribution in [0.5, 0.6) is 0 Å². The van der Waals surface area contributed by atoms with Gasteiger partial charge in [0.05, 0.1) is 5.69 Å². The van der Waals surface area contributed by atoms with Crippen molar-refractivity contribution < 1.29 is 9.59 Å². The Morgan fingerprint density at radius 3 is 2.58 bits per heavy atom. The highest BCUT2D eigenvalue weighted by molar-refractivity contribution is 7.99. The van der Waals surface area contributed by atoms with Crippen molar-refractivity contribution in [1.29, 1.82) is 0 Å². The minimum absolute atomic E-state index is 0.0926. The predicted octanol–water partition coefficient (Wildman–Crippen LogP) is 1.68. The van der Waals surface area contributed by atoms with E-state index in [4.69, 9.17) is 5.73 Å². The quantitative estimate of drug-likeness (QED) is 0.608. The third-order valence-electron chi connectivity index (χ3n) is 4.12. The molecule has 0 radical (unpaired) electrons. The first kappa shape index (κ1) is 18.2. The molecule has 4 bridgehead atoms. The number of anilines is 1. The van der Waals surface area contributed by atoms with Crippen molar-refractivity contribution in [3.05, 3.63) is 34.9 Å². The van der Waals surface area contributed by atoms with E-state index in [9.17, 15) is 9.59 Å². The average molecular weight is 371 g/mol. The summed E-state index contributed by atoms with van der Waals surface area (Å²) < 4.78 is 0. The summed E-state index contributed by atoms with van der Waals surface area (Å²) in [7, 11) is 0. The summed E-state index contributed by atoms with van der Waals surface area (Å²) in [5.41, 5.74) is 9.85. The Hall–Kier alpha value is -2.61. The van der Waals surface area contributed by atoms with E-state index in [0.29, 0.717) is 30.1 Å². The number of hydrogen-bond donors (Lipinski definition) is 3. The molecule has 2 aromatic rings. The number of carbonyl (C=O) groups excluding carboxylic acids is 2. The Kier molecular flexibility index (Phi) is 5.41. The van der Waals surface area contributed by atoms with Crippen LogP contribution < -0.4 is 16.4 Å². The topological polar surface area (TPSA) is 110 Å². The number of hydrogen-bond acceptors (Lipinski definition) is 6. The zero-order chi connectivity index (χ0) is 18.7. The van der Waals surface area contributed by atoms with Gasteiger partial charge in [0.1, 0.15) is 5.03 Å². The van der Waals surface area contributed by atoms with Gasteiger partial charge in [0.2, 0.25) is 11.9 Å². The van der Waals surface area contributed by atoms with Crippen LogP contribution in [0.1, 0.15) is 27.9 Å². The first-order valence-corrected chi connectivity index (χ1v) is 9.36. The highest BCUT2D eigenvalue weighted by atomic mass is 32.2. The Morgan fingerprint density at radius 2 is 1.77 bits per heavy atom. The van der Waals surface area contributed by atoms with Gasteiger partial charge in [0, 0.05) is 36.4 Å². The number of nitrogens with zero attached hydrogens (tertiary/aromatic N) is 2. The Labute approximate surface area is 156 Å². The third-order valence-corrected chi connectivity index (χ3v) is 5.04. The van der Waals surface area contributed by atoms with Crippen LogP contribution >= 0.6 is 11.8 Å². The van der Waals surface area contributed by atoms with E-state index >= 15 is 0 Å². The molecule has 0 atom stereocenters. The van der Waals surface area contributed by atoms with E-state index in [2.05, 4.69) is 20.6 Å². The van der Waals surface area contributed by atoms with Gasteiger partial charge in [-0.3, -0.25) is 9.59 Å². The molecule has 136 valence electrons. The summed E-state index contributed by atoms with van der Waals surface area (Å²) in [6, 6.07) is 5.65. The molecule has 4 N–H and O–H groups in total. The molecular weight excluding hydrogens is 350 g/mol. The number of benzene rings is 1. The molecule has 0 spiro atoms. The number of aromatic nitrogens is 2. The van der Waals surface area contributed by atoms with Gasteiger partial charge in [0.15, 0.2) is 0 Å². The first-order valence-electron chi connectivity index (χ1n) is 8.38. The largest absolute Gasteiger partial charge is 0.368 e. The van der Waals surface area contributed by atoms with Gasteiger partial charge in [-0.25, -0.2) is 9.97 Å². The highest BCUT2D eigenvalue weighted by Gasteiger charge is 2.16. The van der Waals surface area contributed by atoms with Crippen molar-refractivity contribution in [1.82, 2.24) is 20.6 Å². The lowest BCUT2D eigenvalue weighted by Gasteiger charge is -2.13. The van der Waals surface area contributed by atoms with Gasteiger partial charge in [-0.05, 0) is 37.1 Å². The second-order valence-corrected chi connectivity index (χ2v) is 7.25. The van der Waals surface area contributed by atoms with Crippen molar-refractivity contribution in [3.63, 3.8) is 0 Å². The Bertz CT molecular complexity index is 869. The fourth-order valence-electron chi connectivity index (χ4n) is 2.85. The molecule has 26 heavy (non-hydrogen) atoms. The van der Waals surface area contributed by atoms with Crippen molar-refractivity contribution in [2.45, 2.75) is 25.3 Å². The lowest BCUT2D eigenvalue weighted by atomic mass is 9.97. The van der Waals surface area contributed by atoms with E-state index in [1.165, 1.54) is 11.8 Å². The van der Waals surface area contributed by atoms with Crippen molar-refractivity contribution in [2.24, 2.45) is 0 Å². The number of rotatable bonds is 0. The fraction of sp³-hybridized carbons (Fsp3) is 0.333. The summed E-state index contributed by atoms with van der Waals surface area (Å²) in [4.78, 5) is 33.0. The Morgan fingerprint density at radius 1 is 1.00 bits per heavy atom. The van der Waals surface area contributed by atoms with Crippen LogP contribution in [0.4, 0.5) is 5.95 Å². The number of fused-ring (bicyclic) bond motifs is 5. The monoisotopic (exact) mass is 371 g/mol. The molecule has 1 aliphatic rings. The average Bonchev–Trinajstić information content (AvgIpc) is 2.57. The summed E-state index contributed by atoms with van der Waals surface area (Å²) in [5, 5.41) is 6.38. The van der Waals surface area contributed by atoms with Crippen LogP contribution in [0, 0.1) is 13.8 Å². The van der Waals surface area contributed by atoms with Crippen LogP contribution in [0.2, 0.25) is 0 Å². The van der Waals surface area contributed by atoms with Crippen LogP contribution in [0.3, 0.4) is 0 Å². The molecule has 0 unspecified atom stereocenters. The molecule has 0 aliphatic carbocycles. The van der Waals surface area contributed by atoms with E-state index in [0.717, 1.165) is 21.7 Å². The molecule has 8 heteroatoms. The van der Waals surface area contributed by atoms with Crippen LogP contribution in [-0.4, -0.2) is 40.6 Å². The number of carbonyl (C=O) groups is 2. The maximum absolute atomic E-state index is 12.5. The molecule has 1 aromatic heterocycles. The smallest absolute Gasteiger partial charge is 0.251 e. The number of nitrogens with one attached hydrogen (secondary N) is 2. The fourth-order valence-corrected chi connectivity index (χ4v) is 3.61. The highest BCUT2D eigenvalue weighted by Crippen LogP contribution is 2.28. The van der Waals surface area contributed by atoms with Crippen molar-refractivity contribution >= 4 is 29.5 Å². The summed E-state index contributed by atoms with van der Waals surface area (Å²) in [6.45, 7) is 4.68. The minimum Gasteiger partial charge on any atom is -0.368 e. The molecule has 3 rings (SSSR count). The summed E-state index contributed by atoms with van der Waals surface area (Å²) in [5.74, 6) is 0.559. The van der Waals surface area contributed by atoms with Crippen LogP contribution in [0.15, 0.2) is 23.2 Å². The molecule has 2 heterocycles. The maximum atomic E-state index is 12.5. The molecule has 7 nitrogen and oxygen atoms in total. The second kappa shape index (κ2) is 7.74. The maximum Gasteiger partial charge on any atom is 0.251 e. The standard InChI is InChI=1S/C18H21N5O2S/c1-10-7-11(2)13-8-12(10)14-9-16(23-18(19)22-14)26-6-5-20-15(24)3-4-21-17(13)25/h7-9H,3-6H2,1-2H3,(H,20,24)(H,21,25)(H2,19,22,23). The summed E-state index contributed by atoms with van der Waals surface area (Å²) >= 11 is 1.50. The first-order chi connectivity index (χ1) is 12.4. The number of thioether (sulfide) groups is 1. The zero-order valence-corrected chi connectivity index (χ0v) is 15.6. The molecule has 2 amide bonds. The number of aryl methyl sites for hydroxylation is 2. The van der Waals surface area contributed by atoms with Gasteiger partial charge in [0.25, 0.3) is 5.91 Å². The van der Waals surface area contributed by atoms with Gasteiger partial charge in [-0.15, -0.1) is 11.8 Å². The molecule has 0 saturated heterocycles. The van der Waals surface area contributed by atoms with E-state index in [1.54, 1.807) is 0 Å². The zero-order valence-electron chi connectivity index (χ0n) is 14.8. The number of amides is 2. The minimum atomic E-state index is -0.206. The number of nitrogen functional groups attached to an aromatic ring is 1. The SMILES string of the molecule is Cc1cc(C)c2cc1C(=O)NCCC(=O)NCCSc1cc-2nc(N)n1. The Balaban J connectivity index is 2.08. The van der Waals surface area contributed by atoms with Crippen LogP contribution in [-0.2, 0) is 4.79 Å². The lowest BCUT2D eigenvalue weighted by Crippen LogP contribution is -2.32. The molecular formula is C18H21N5O2S. The summed E-state index contributed by atoms with van der Waals surface area (Å²) in [6.07, 6.45) is 0.245. The van der Waals surface area contributed by atoms with Gasteiger partial charge < -0.3 is 16.4 Å². The van der Waals surface area contributed by atoms with E-state index < -0.39 is 0 Å². The second-order valence-electron chi connectivity index (χ2n) is 6.14. The van der Waals surface area contributed by atoms with Crippen molar-refractivity contribution in [3.8, 4) is 11.3 Å². The van der Waals surface area contributed by atoms with Gasteiger partial charge in [-0.2, -0.15) is 0 Å². The molecule has 1 aliphatic heterocycles. The molecule has 1 aromatic carbocycles.